The summed E-state index contributed by atoms with van der Waals surface area (Å²) in [6, 6.07) is 12.6. The Hall–Kier alpha value is -3.59. The lowest BCUT2D eigenvalue weighted by Gasteiger charge is -2.29. The van der Waals surface area contributed by atoms with Gasteiger partial charge >= 0.3 is 5.97 Å². The van der Waals surface area contributed by atoms with E-state index in [-0.39, 0.29) is 23.5 Å². The van der Waals surface area contributed by atoms with E-state index in [0.717, 1.165) is 37.7 Å². The zero-order chi connectivity index (χ0) is 21.1. The lowest BCUT2D eigenvalue weighted by molar-refractivity contribution is -0.383. The molecule has 156 valence electrons. The number of aromatic nitrogens is 1. The predicted octanol–water partition coefficient (Wildman–Crippen LogP) is 3.83. The number of benzene rings is 2. The molecule has 9 nitrogen and oxygen atoms in total. The summed E-state index contributed by atoms with van der Waals surface area (Å²) in [6.45, 7) is 5.08. The summed E-state index contributed by atoms with van der Waals surface area (Å²) in [6.07, 6.45) is 0. The molecule has 1 aliphatic heterocycles. The number of anilines is 3. The molecule has 1 saturated heterocycles. The van der Waals surface area contributed by atoms with E-state index in [9.17, 15) is 14.9 Å². The molecule has 1 aromatic heterocycles. The van der Waals surface area contributed by atoms with Crippen molar-refractivity contribution in [3.8, 4) is 0 Å². The number of aromatic amines is 1. The number of carbonyl (C=O) groups is 1. The fourth-order valence-electron chi connectivity index (χ4n) is 3.52. The SMILES string of the molecule is CCOC(=O)c1cc2c(Nc3ccc(N4CCOCC4)cc3)ccc([N+](=O)[O-])c2[nH]1. The van der Waals surface area contributed by atoms with Gasteiger partial charge in [-0.2, -0.15) is 0 Å². The molecule has 3 aromatic rings. The van der Waals surface area contributed by atoms with Gasteiger partial charge in [0.2, 0.25) is 0 Å². The highest BCUT2D eigenvalue weighted by molar-refractivity contribution is 6.04. The first-order chi connectivity index (χ1) is 14.6. The van der Waals surface area contributed by atoms with Crippen LogP contribution in [0.15, 0.2) is 42.5 Å². The van der Waals surface area contributed by atoms with Crippen molar-refractivity contribution < 1.29 is 19.2 Å². The minimum atomic E-state index is -0.552. The zero-order valence-corrected chi connectivity index (χ0v) is 16.5. The van der Waals surface area contributed by atoms with Crippen molar-refractivity contribution in [2.24, 2.45) is 0 Å². The fourth-order valence-corrected chi connectivity index (χ4v) is 3.52. The monoisotopic (exact) mass is 410 g/mol. The molecule has 0 radical (unpaired) electrons. The molecular weight excluding hydrogens is 388 g/mol. The van der Waals surface area contributed by atoms with Crippen LogP contribution >= 0.6 is 0 Å². The molecular formula is C21H22N4O5. The Balaban J connectivity index is 1.64. The number of fused-ring (bicyclic) bond motifs is 1. The second kappa shape index (κ2) is 8.42. The first-order valence-electron chi connectivity index (χ1n) is 9.74. The lowest BCUT2D eigenvalue weighted by atomic mass is 10.1. The van der Waals surface area contributed by atoms with Gasteiger partial charge in [0.15, 0.2) is 0 Å². The smallest absolute Gasteiger partial charge is 0.354 e. The Kier molecular flexibility index (Phi) is 5.53. The molecule has 2 N–H and O–H groups in total. The van der Waals surface area contributed by atoms with Gasteiger partial charge < -0.3 is 24.7 Å². The summed E-state index contributed by atoms with van der Waals surface area (Å²) in [5.74, 6) is -0.552. The standard InChI is InChI=1S/C21H22N4O5/c1-2-30-21(26)18-13-16-17(7-8-19(25(27)28)20(16)23-18)22-14-3-5-15(6-4-14)24-9-11-29-12-10-24/h3-8,13,22-23H,2,9-12H2,1H3. The van der Waals surface area contributed by atoms with E-state index in [2.05, 4.69) is 15.2 Å². The van der Waals surface area contributed by atoms with Crippen LogP contribution in [0.25, 0.3) is 10.9 Å². The van der Waals surface area contributed by atoms with Crippen molar-refractivity contribution in [1.82, 2.24) is 4.98 Å². The fraction of sp³-hybridized carbons (Fsp3) is 0.286. The van der Waals surface area contributed by atoms with Crippen LogP contribution in [0.3, 0.4) is 0 Å². The largest absolute Gasteiger partial charge is 0.461 e. The number of hydrogen-bond acceptors (Lipinski definition) is 7. The van der Waals surface area contributed by atoms with Crippen LogP contribution in [0.5, 0.6) is 0 Å². The molecule has 0 unspecified atom stereocenters. The van der Waals surface area contributed by atoms with Crippen LogP contribution in [0.4, 0.5) is 22.7 Å². The third-order valence-electron chi connectivity index (χ3n) is 4.99. The van der Waals surface area contributed by atoms with Crippen LogP contribution in [-0.4, -0.2) is 48.8 Å². The Morgan fingerprint density at radius 2 is 1.97 bits per heavy atom. The normalized spacial score (nSPS) is 14.0. The number of non-ortho nitro benzene ring substituents is 1. The summed E-state index contributed by atoms with van der Waals surface area (Å²) in [7, 11) is 0. The lowest BCUT2D eigenvalue weighted by Crippen LogP contribution is -2.36. The van der Waals surface area contributed by atoms with Gasteiger partial charge in [0, 0.05) is 41.6 Å². The summed E-state index contributed by atoms with van der Waals surface area (Å²) in [5.41, 5.74) is 2.95. The van der Waals surface area contributed by atoms with Gasteiger partial charge in [-0.3, -0.25) is 10.1 Å². The number of carbonyl (C=O) groups excluding carboxylic acids is 1. The maximum Gasteiger partial charge on any atom is 0.354 e. The highest BCUT2D eigenvalue weighted by atomic mass is 16.6. The average molecular weight is 410 g/mol. The molecule has 0 saturated carbocycles. The minimum absolute atomic E-state index is 0.103. The van der Waals surface area contributed by atoms with E-state index >= 15 is 0 Å². The van der Waals surface area contributed by atoms with Crippen LogP contribution in [-0.2, 0) is 9.47 Å². The highest BCUT2D eigenvalue weighted by Crippen LogP contribution is 2.34. The number of ether oxygens (including phenoxy) is 2. The molecule has 0 bridgehead atoms. The number of esters is 1. The predicted molar refractivity (Wildman–Crippen MR) is 114 cm³/mol. The first-order valence-corrected chi connectivity index (χ1v) is 9.74. The van der Waals surface area contributed by atoms with Gasteiger partial charge in [0.25, 0.3) is 5.69 Å². The molecule has 0 atom stereocenters. The number of hydrogen-bond donors (Lipinski definition) is 2. The number of nitro groups is 1. The third kappa shape index (κ3) is 3.92. The Morgan fingerprint density at radius 1 is 1.23 bits per heavy atom. The third-order valence-corrected chi connectivity index (χ3v) is 4.99. The van der Waals surface area contributed by atoms with Gasteiger partial charge in [-0.05, 0) is 43.3 Å². The Morgan fingerprint density at radius 3 is 2.63 bits per heavy atom. The number of nitro benzene ring substituents is 1. The van der Waals surface area contributed by atoms with Crippen molar-refractivity contribution >= 4 is 39.6 Å². The van der Waals surface area contributed by atoms with Crippen LogP contribution in [0.1, 0.15) is 17.4 Å². The van der Waals surface area contributed by atoms with Crippen molar-refractivity contribution in [3.63, 3.8) is 0 Å². The van der Waals surface area contributed by atoms with E-state index in [4.69, 9.17) is 9.47 Å². The molecule has 30 heavy (non-hydrogen) atoms. The van der Waals surface area contributed by atoms with Crippen LogP contribution in [0.2, 0.25) is 0 Å². The maximum absolute atomic E-state index is 12.1. The van der Waals surface area contributed by atoms with E-state index < -0.39 is 10.9 Å². The summed E-state index contributed by atoms with van der Waals surface area (Å²) in [4.78, 5) is 28.1. The highest BCUT2D eigenvalue weighted by Gasteiger charge is 2.20. The summed E-state index contributed by atoms with van der Waals surface area (Å²) >= 11 is 0. The van der Waals surface area contributed by atoms with E-state index in [1.165, 1.54) is 6.07 Å². The van der Waals surface area contributed by atoms with Gasteiger partial charge in [-0.1, -0.05) is 0 Å². The zero-order valence-electron chi connectivity index (χ0n) is 16.5. The molecule has 0 amide bonds. The van der Waals surface area contributed by atoms with Crippen molar-refractivity contribution in [2.75, 3.05) is 43.1 Å². The van der Waals surface area contributed by atoms with E-state index in [1.807, 2.05) is 24.3 Å². The average Bonchev–Trinajstić information content (AvgIpc) is 3.21. The molecule has 1 fully saturated rings. The van der Waals surface area contributed by atoms with Crippen molar-refractivity contribution in [2.45, 2.75) is 6.92 Å². The van der Waals surface area contributed by atoms with Crippen LogP contribution in [0, 0.1) is 10.1 Å². The number of rotatable bonds is 6. The van der Waals surface area contributed by atoms with E-state index in [0.29, 0.717) is 11.1 Å². The quantitative estimate of drug-likeness (QED) is 0.361. The molecule has 2 aromatic carbocycles. The molecule has 0 spiro atoms. The first kappa shape index (κ1) is 19.7. The second-order valence-electron chi connectivity index (χ2n) is 6.85. The van der Waals surface area contributed by atoms with Crippen molar-refractivity contribution in [3.05, 3.63) is 58.3 Å². The number of morpholine rings is 1. The van der Waals surface area contributed by atoms with Gasteiger partial charge in [-0.15, -0.1) is 0 Å². The molecule has 4 rings (SSSR count). The molecule has 2 heterocycles. The van der Waals surface area contributed by atoms with Gasteiger partial charge in [0.1, 0.15) is 11.2 Å². The Labute approximate surface area is 172 Å². The Bertz CT molecular complexity index is 1070. The van der Waals surface area contributed by atoms with Gasteiger partial charge in [0.05, 0.1) is 24.7 Å². The van der Waals surface area contributed by atoms with Crippen molar-refractivity contribution in [1.29, 1.82) is 0 Å². The minimum Gasteiger partial charge on any atom is -0.461 e. The maximum atomic E-state index is 12.1. The summed E-state index contributed by atoms with van der Waals surface area (Å²) < 4.78 is 10.4. The molecule has 9 heteroatoms. The second-order valence-corrected chi connectivity index (χ2v) is 6.85. The van der Waals surface area contributed by atoms with Crippen LogP contribution < -0.4 is 10.2 Å². The van der Waals surface area contributed by atoms with E-state index in [1.54, 1.807) is 19.1 Å². The number of nitrogens with zero attached hydrogens (tertiary/aromatic N) is 2. The summed E-state index contributed by atoms with van der Waals surface area (Å²) in [5, 5.41) is 15.2. The number of H-pyrrole nitrogens is 1. The topological polar surface area (TPSA) is 110 Å². The number of nitrogens with one attached hydrogen (secondary N) is 2. The van der Waals surface area contributed by atoms with Gasteiger partial charge in [-0.25, -0.2) is 4.79 Å². The molecule has 0 aliphatic carbocycles. The molecule has 1 aliphatic rings.